The van der Waals surface area contributed by atoms with Crippen LogP contribution in [0.5, 0.6) is 0 Å². The summed E-state index contributed by atoms with van der Waals surface area (Å²) < 4.78 is 11.1. The van der Waals surface area contributed by atoms with E-state index in [4.69, 9.17) is 9.47 Å². The number of carbonyl (C=O) groups is 3. The van der Waals surface area contributed by atoms with Gasteiger partial charge in [-0.2, -0.15) is 0 Å². The van der Waals surface area contributed by atoms with Crippen molar-refractivity contribution >= 4 is 30.4 Å². The number of hydrogen-bond acceptors (Lipinski definition) is 5. The molecule has 0 amide bonds. The second kappa shape index (κ2) is 10.2. The highest BCUT2D eigenvalue weighted by Crippen LogP contribution is 2.13. The van der Waals surface area contributed by atoms with Crippen LogP contribution in [0.1, 0.15) is 48.0 Å². The molecule has 0 fully saturated rings. The molecule has 21 heavy (non-hydrogen) atoms. The fraction of sp³-hybridized carbons (Fsp3) is 0.800. The third kappa shape index (κ3) is 9.15. The third-order valence-corrected chi connectivity index (χ3v) is 6.12. The van der Waals surface area contributed by atoms with Crippen LogP contribution < -0.4 is 0 Å². The van der Waals surface area contributed by atoms with E-state index in [1.54, 1.807) is 6.92 Å². The van der Waals surface area contributed by atoms with Gasteiger partial charge in [-0.05, 0) is 51.6 Å². The molecule has 0 saturated carbocycles. The molecule has 0 aliphatic rings. The van der Waals surface area contributed by atoms with Gasteiger partial charge >= 0.3 is 14.1 Å². The molecule has 6 heteroatoms. The molecule has 0 aliphatic heterocycles. The van der Waals surface area contributed by atoms with Crippen molar-refractivity contribution < 1.29 is 23.9 Å². The van der Waals surface area contributed by atoms with Crippen molar-refractivity contribution in [3.63, 3.8) is 0 Å². The van der Waals surface area contributed by atoms with Crippen LogP contribution in [-0.2, 0) is 23.9 Å². The average molecular weight is 314 g/mol. The molecule has 0 N–H and O–H groups in total. The van der Waals surface area contributed by atoms with E-state index >= 15 is 0 Å². The molecule has 120 valence electrons. The first-order chi connectivity index (χ1) is 9.67. The van der Waals surface area contributed by atoms with Crippen LogP contribution in [0, 0.1) is 0 Å². The van der Waals surface area contributed by atoms with Crippen molar-refractivity contribution in [3.8, 4) is 0 Å². The van der Waals surface area contributed by atoms with E-state index in [0.29, 0.717) is 6.42 Å². The number of rotatable bonds is 11. The summed E-state index contributed by atoms with van der Waals surface area (Å²) in [6, 6.07) is 0. The summed E-state index contributed by atoms with van der Waals surface area (Å²) in [6.07, 6.45) is -0.866. The van der Waals surface area contributed by atoms with Gasteiger partial charge in [-0.25, -0.2) is 0 Å². The number of ether oxygens (including phenoxy) is 2. The van der Waals surface area contributed by atoms with E-state index in [1.807, 2.05) is 27.7 Å². The van der Waals surface area contributed by atoms with Gasteiger partial charge in [0.25, 0.3) is 0 Å². The SMILES string of the molecule is CC[C](=O)[Al]([CH2]C(C)=O)[CH2]C(=O)C(OC(C)C)OC(C)C. The van der Waals surface area contributed by atoms with E-state index < -0.39 is 20.4 Å². The zero-order valence-electron chi connectivity index (χ0n) is 14.0. The zero-order valence-corrected chi connectivity index (χ0v) is 15.1. The van der Waals surface area contributed by atoms with Gasteiger partial charge in [-0.1, -0.05) is 6.92 Å². The third-order valence-electron chi connectivity index (χ3n) is 2.84. The van der Waals surface area contributed by atoms with Crippen molar-refractivity contribution in [3.05, 3.63) is 0 Å². The minimum Gasteiger partial charge on any atom is -0.343 e. The van der Waals surface area contributed by atoms with Gasteiger partial charge in [0, 0.05) is 0 Å². The normalized spacial score (nSPS) is 11.3. The lowest BCUT2D eigenvalue weighted by atomic mass is 10.4. The molecule has 0 spiro atoms. The van der Waals surface area contributed by atoms with Crippen molar-refractivity contribution in [2.45, 2.75) is 77.0 Å². The van der Waals surface area contributed by atoms with Crippen LogP contribution in [0.25, 0.3) is 0 Å². The lowest BCUT2D eigenvalue weighted by molar-refractivity contribution is -0.188. The fourth-order valence-corrected chi connectivity index (χ4v) is 4.50. The van der Waals surface area contributed by atoms with Gasteiger partial charge in [-0.15, -0.1) is 0 Å². The van der Waals surface area contributed by atoms with Crippen molar-refractivity contribution in [1.82, 2.24) is 0 Å². The second-order valence-electron chi connectivity index (χ2n) is 5.79. The summed E-state index contributed by atoms with van der Waals surface area (Å²) in [4.78, 5) is 35.6. The van der Waals surface area contributed by atoms with Crippen molar-refractivity contribution in [2.75, 3.05) is 0 Å². The Labute approximate surface area is 131 Å². The number of Topliss-reactive ketones (excluding diaryl/α,β-unsaturated/α-hetero) is 2. The maximum atomic E-state index is 12.3. The molecule has 0 aromatic heterocycles. The van der Waals surface area contributed by atoms with Gasteiger partial charge in [-0.3, -0.25) is 4.79 Å². The minimum absolute atomic E-state index is 0.0348. The summed E-state index contributed by atoms with van der Waals surface area (Å²) in [5.41, 5.74) is 0. The van der Waals surface area contributed by atoms with E-state index in [9.17, 15) is 14.4 Å². The van der Waals surface area contributed by atoms with Gasteiger partial charge in [0.2, 0.25) is 6.29 Å². The lowest BCUT2D eigenvalue weighted by Crippen LogP contribution is -2.38. The Hall–Kier alpha value is -0.538. The molecule has 0 radical (unpaired) electrons. The summed E-state index contributed by atoms with van der Waals surface area (Å²) in [7, 11) is 0. The predicted molar refractivity (Wildman–Crippen MR) is 82.6 cm³/mol. The smallest absolute Gasteiger partial charge is 0.343 e. The maximum Gasteiger partial charge on any atom is 0.381 e. The molecular formula is C15H27AlO5. The standard InChI is InChI=1S/C9H17O3.2C3H5O.Al/c1-6(2)11-9(8(5)10)12-7(3)4;1-3(2)4;1-2-3-4;/h6-7,9H,5H2,1-4H3;1H2,2H3;2H2,1H3;. The van der Waals surface area contributed by atoms with Gasteiger partial charge in [0.1, 0.15) is 5.78 Å². The summed E-state index contributed by atoms with van der Waals surface area (Å²) in [6.45, 7) is 10.5. The molecule has 0 unspecified atom stereocenters. The number of carbonyl (C=O) groups excluding carboxylic acids is 3. The summed E-state index contributed by atoms with van der Waals surface area (Å²) in [5.74, 6) is -0.260. The number of hydrogen-bond donors (Lipinski definition) is 0. The molecule has 0 atom stereocenters. The first-order valence-electron chi connectivity index (χ1n) is 7.53. The Kier molecular flexibility index (Phi) is 9.97. The highest BCUT2D eigenvalue weighted by molar-refractivity contribution is 6.93. The molecule has 0 heterocycles. The van der Waals surface area contributed by atoms with Crippen LogP contribution in [0.15, 0.2) is 0 Å². The van der Waals surface area contributed by atoms with Crippen LogP contribution in [0.4, 0.5) is 0 Å². The van der Waals surface area contributed by atoms with Gasteiger partial charge in [0.15, 0.2) is 5.78 Å². The first kappa shape index (κ1) is 20.5. The second-order valence-corrected chi connectivity index (χ2v) is 8.65. The molecular weight excluding hydrogens is 287 g/mol. The monoisotopic (exact) mass is 314 g/mol. The Morgan fingerprint density at radius 1 is 0.952 bits per heavy atom. The molecule has 0 bridgehead atoms. The predicted octanol–water partition coefficient (Wildman–Crippen LogP) is 2.33. The van der Waals surface area contributed by atoms with Crippen LogP contribution in [0.3, 0.4) is 0 Å². The highest BCUT2D eigenvalue weighted by atomic mass is 27.2. The Morgan fingerprint density at radius 3 is 1.76 bits per heavy atom. The van der Waals surface area contributed by atoms with Crippen LogP contribution in [0.2, 0.25) is 10.6 Å². The average Bonchev–Trinajstić information content (AvgIpc) is 2.34. The maximum absolute atomic E-state index is 12.3. The molecule has 0 aromatic carbocycles. The molecule has 0 rings (SSSR count). The molecule has 0 saturated heterocycles. The molecule has 5 nitrogen and oxygen atoms in total. The van der Waals surface area contributed by atoms with Gasteiger partial charge < -0.3 is 19.1 Å². The topological polar surface area (TPSA) is 69.7 Å². The Bertz CT molecular complexity index is 355. The minimum atomic E-state index is -2.09. The molecule has 0 aliphatic carbocycles. The Morgan fingerprint density at radius 2 is 1.43 bits per heavy atom. The first-order valence-corrected chi connectivity index (χ1v) is 9.74. The van der Waals surface area contributed by atoms with E-state index in [2.05, 4.69) is 0 Å². The summed E-state index contributed by atoms with van der Waals surface area (Å²) >= 11 is -2.09. The van der Waals surface area contributed by atoms with Crippen molar-refractivity contribution in [1.29, 1.82) is 0 Å². The lowest BCUT2D eigenvalue weighted by Gasteiger charge is -2.22. The van der Waals surface area contributed by atoms with E-state index in [0.717, 1.165) is 0 Å². The van der Waals surface area contributed by atoms with Crippen LogP contribution >= 0.6 is 0 Å². The van der Waals surface area contributed by atoms with Gasteiger partial charge in [0.05, 0.1) is 16.9 Å². The van der Waals surface area contributed by atoms with Crippen LogP contribution in [-0.4, -0.2) is 48.9 Å². The summed E-state index contributed by atoms with van der Waals surface area (Å²) in [5, 5.41) is 0.352. The van der Waals surface area contributed by atoms with E-state index in [1.165, 1.54) is 6.92 Å². The molecule has 0 aromatic rings. The largest absolute Gasteiger partial charge is 0.381 e. The fourth-order valence-electron chi connectivity index (χ4n) is 1.95. The quantitative estimate of drug-likeness (QED) is 0.432. The van der Waals surface area contributed by atoms with Crippen molar-refractivity contribution in [2.24, 2.45) is 0 Å². The zero-order chi connectivity index (χ0) is 16.6. The van der Waals surface area contributed by atoms with E-state index in [-0.39, 0.29) is 39.0 Å². The number of ketones is 2. The Balaban J connectivity index is 4.87. The highest BCUT2D eigenvalue weighted by Gasteiger charge is 2.33.